The molecule has 5 unspecified atom stereocenters. The molecule has 10 atom stereocenters. The van der Waals surface area contributed by atoms with Crippen molar-refractivity contribution in [3.63, 3.8) is 0 Å². The molecule has 0 saturated carbocycles. The van der Waals surface area contributed by atoms with Gasteiger partial charge in [0.1, 0.15) is 35.9 Å². The number of nitrogens with one attached hydrogen (secondary N) is 6. The summed E-state index contributed by atoms with van der Waals surface area (Å²) >= 11 is 0. The molecule has 0 spiro atoms. The lowest BCUT2D eigenvalue weighted by Crippen LogP contribution is -2.59. The number of carbonyl (C=O) groups is 9. The lowest BCUT2D eigenvalue weighted by Gasteiger charge is -2.28. The summed E-state index contributed by atoms with van der Waals surface area (Å²) in [6.45, 7) is 11.2. The highest BCUT2D eigenvalue weighted by Gasteiger charge is 2.37. The van der Waals surface area contributed by atoms with Crippen LogP contribution in [0, 0.1) is 17.8 Å². The Kier molecular flexibility index (Phi) is 26.0. The highest BCUT2D eigenvalue weighted by molar-refractivity contribution is 6.00. The minimum Gasteiger partial charge on any atom is -0.480 e. The Morgan fingerprint density at radius 2 is 1.32 bits per heavy atom. The molecule has 7 amide bonds. The van der Waals surface area contributed by atoms with E-state index in [1.54, 1.807) is 20.1 Å². The Hall–Kier alpha value is -7.83. The molecule has 2 rings (SSSR count). The van der Waals surface area contributed by atoms with Crippen molar-refractivity contribution in [1.82, 2.24) is 36.8 Å². The lowest BCUT2D eigenvalue weighted by atomic mass is 9.94. The van der Waals surface area contributed by atoms with Crippen LogP contribution in [-0.4, -0.2) is 150 Å². The summed E-state index contributed by atoms with van der Waals surface area (Å²) < 4.78 is 5.81. The van der Waals surface area contributed by atoms with E-state index in [2.05, 4.69) is 48.5 Å². The molecule has 1 heterocycles. The van der Waals surface area contributed by atoms with E-state index in [1.807, 2.05) is 43.3 Å². The summed E-state index contributed by atoms with van der Waals surface area (Å²) in [5.74, 6) is -13.1. The molecule has 1 aliphatic heterocycles. The number of ether oxygens (including phenoxy) is 1. The molecule has 25 heteroatoms. The van der Waals surface area contributed by atoms with Crippen molar-refractivity contribution in [2.24, 2.45) is 50.7 Å². The molecule has 25 nitrogen and oxygen atoms in total. The van der Waals surface area contributed by atoms with Gasteiger partial charge in [-0.25, -0.2) is 9.59 Å². The predicted octanol–water partition coefficient (Wildman–Crippen LogP) is -1.37. The molecule has 0 radical (unpaired) electrons. The summed E-state index contributed by atoms with van der Waals surface area (Å²) in [6, 6.07) is 0.633. The van der Waals surface area contributed by atoms with Gasteiger partial charge in [0.15, 0.2) is 11.9 Å². The van der Waals surface area contributed by atoms with Gasteiger partial charge in [-0.3, -0.25) is 43.5 Å². The zero-order valence-corrected chi connectivity index (χ0v) is 43.1. The molecule has 1 fully saturated rings. The minimum absolute atomic E-state index is 0.00394. The smallest absolute Gasteiger partial charge is 0.327 e. The third kappa shape index (κ3) is 21.1. The summed E-state index contributed by atoms with van der Waals surface area (Å²) in [7, 11) is 2.80. The fraction of sp³-hybridized carbons (Fsp3) is 0.531. The van der Waals surface area contributed by atoms with Crippen molar-refractivity contribution in [3.05, 3.63) is 72.0 Å². The molecule has 1 saturated heterocycles. The van der Waals surface area contributed by atoms with Gasteiger partial charge >= 0.3 is 11.9 Å². The van der Waals surface area contributed by atoms with Gasteiger partial charge in [0.2, 0.25) is 35.4 Å². The molecule has 74 heavy (non-hydrogen) atoms. The van der Waals surface area contributed by atoms with Gasteiger partial charge in [-0.2, -0.15) is 0 Å². The van der Waals surface area contributed by atoms with Crippen LogP contribution in [0.5, 0.6) is 0 Å². The molecule has 0 aromatic heterocycles. The van der Waals surface area contributed by atoms with E-state index in [-0.39, 0.29) is 62.7 Å². The topological polar surface area (TPSA) is 408 Å². The number of carbonyl (C=O) groups excluding carboxylic acids is 7. The van der Waals surface area contributed by atoms with Gasteiger partial charge in [-0.15, -0.1) is 0 Å². The van der Waals surface area contributed by atoms with Crippen molar-refractivity contribution >= 4 is 65.2 Å². The first kappa shape index (κ1) is 62.3. The number of methoxy groups -OCH3 is 1. The Labute approximate surface area is 430 Å². The number of carboxylic acid groups (broad SMARTS) is 2. The van der Waals surface area contributed by atoms with Crippen molar-refractivity contribution < 1.29 is 58.1 Å². The summed E-state index contributed by atoms with van der Waals surface area (Å²) in [4.78, 5) is 130. The van der Waals surface area contributed by atoms with Crippen molar-refractivity contribution in [2.75, 3.05) is 27.2 Å². The number of rotatable bonds is 17. The molecular formula is C49H75N13O12. The Morgan fingerprint density at radius 3 is 1.85 bits per heavy atom. The SMILES string of the molecule is C=C1C(=O)NC(C)C(=O)N[C@@H](CCCN=C(N)N)C(=O)N[C@@H](C(=O)O)[C@H](C)C(=O)N[C@@H](CCCN=C(N)N)C(=O)NC(/C=C/C(C)=C/C(C)C(Cc2ccccc2)OC)[C@@H](C)C(=O)NC(C(=O)O)CCC(=O)N1C. The second-order valence-corrected chi connectivity index (χ2v) is 18.1. The van der Waals surface area contributed by atoms with E-state index in [0.717, 1.165) is 10.5 Å². The summed E-state index contributed by atoms with van der Waals surface area (Å²) in [5, 5.41) is 35.4. The second kappa shape index (κ2) is 30.9. The number of aliphatic carboxylic acids is 2. The average Bonchev–Trinajstić information content (AvgIpc) is 3.34. The number of aliphatic imine (C=N–C) groups is 2. The van der Waals surface area contributed by atoms with Gasteiger partial charge in [0.25, 0.3) is 5.91 Å². The molecule has 1 aromatic rings. The van der Waals surface area contributed by atoms with Crippen molar-refractivity contribution in [2.45, 2.75) is 122 Å². The maximum atomic E-state index is 14.4. The molecule has 0 aliphatic carbocycles. The molecule has 1 aromatic carbocycles. The standard InChI is InChI=1S/C49H75N13O12/c1-26(24-27(2)37(74-8)25-32-14-10-9-11-15-32)18-19-33-28(3)40(64)60-36(46(70)71)20-21-38(63)62(7)31(6)43(67)56-30(5)42(66)59-35(17-13-23-55-49(52)53)45(69)61-39(47(72)73)29(4)41(65)58-34(44(68)57-33)16-12-22-54-48(50)51/h9-11,14-15,18-19,24,27-30,33-37,39H,6,12-13,16-17,20-23,25H2,1-5,7-8H3,(H,56,67)(H,57,68)(H,58,65)(H,59,66)(H,60,64)(H,61,69)(H,70,71)(H,72,73)(H4,50,51,54)(H4,52,53,55)/b19-18+,26-24+/t27?,28-,29+,30?,33?,34+,35+,36?,37?,39-/m1/s1. The Morgan fingerprint density at radius 1 is 0.784 bits per heavy atom. The molecule has 0 bridgehead atoms. The van der Waals surface area contributed by atoms with Crippen LogP contribution in [0.3, 0.4) is 0 Å². The van der Waals surface area contributed by atoms with E-state index < -0.39 is 120 Å². The number of nitrogens with two attached hydrogens (primary N) is 4. The minimum atomic E-state index is -1.95. The predicted molar refractivity (Wildman–Crippen MR) is 275 cm³/mol. The zero-order valence-electron chi connectivity index (χ0n) is 43.1. The molecule has 1 aliphatic rings. The number of amides is 7. The number of guanidine groups is 2. The third-order valence-electron chi connectivity index (χ3n) is 12.2. The van der Waals surface area contributed by atoms with Crippen LogP contribution >= 0.6 is 0 Å². The molecular weight excluding hydrogens is 963 g/mol. The first-order valence-electron chi connectivity index (χ1n) is 24.1. The fourth-order valence-corrected chi connectivity index (χ4v) is 7.53. The van der Waals surface area contributed by atoms with E-state index >= 15 is 0 Å². The average molecular weight is 1040 g/mol. The third-order valence-corrected chi connectivity index (χ3v) is 12.2. The van der Waals surface area contributed by atoms with E-state index in [1.165, 1.54) is 33.9 Å². The Bertz CT molecular complexity index is 2280. The van der Waals surface area contributed by atoms with Gasteiger partial charge < -0.3 is 74.7 Å². The van der Waals surface area contributed by atoms with Gasteiger partial charge in [0, 0.05) is 39.6 Å². The number of benzene rings is 1. The van der Waals surface area contributed by atoms with Crippen LogP contribution in [0.2, 0.25) is 0 Å². The number of likely N-dealkylation sites (N-methyl/N-ethyl adjacent to an activating group) is 1. The van der Waals surface area contributed by atoms with Crippen LogP contribution in [0.15, 0.2) is 76.4 Å². The van der Waals surface area contributed by atoms with E-state index in [4.69, 9.17) is 27.7 Å². The fourth-order valence-electron chi connectivity index (χ4n) is 7.53. The monoisotopic (exact) mass is 1040 g/mol. The van der Waals surface area contributed by atoms with Crippen LogP contribution in [0.1, 0.15) is 78.7 Å². The maximum Gasteiger partial charge on any atom is 0.327 e. The second-order valence-electron chi connectivity index (χ2n) is 18.1. The number of carboxylic acids is 2. The number of nitrogens with zero attached hydrogens (tertiary/aromatic N) is 3. The number of allylic oxidation sites excluding steroid dienone is 2. The van der Waals surface area contributed by atoms with Crippen molar-refractivity contribution in [3.8, 4) is 0 Å². The van der Waals surface area contributed by atoms with Crippen LogP contribution in [-0.2, 0) is 54.3 Å². The van der Waals surface area contributed by atoms with Crippen LogP contribution < -0.4 is 54.8 Å². The first-order valence-corrected chi connectivity index (χ1v) is 24.1. The van der Waals surface area contributed by atoms with Gasteiger partial charge in [0.05, 0.1) is 24.0 Å². The van der Waals surface area contributed by atoms with Crippen LogP contribution in [0.4, 0.5) is 0 Å². The quantitative estimate of drug-likeness (QED) is 0.0281. The molecule has 16 N–H and O–H groups in total. The zero-order chi connectivity index (χ0) is 55.8. The largest absolute Gasteiger partial charge is 0.480 e. The molecule has 408 valence electrons. The van der Waals surface area contributed by atoms with Gasteiger partial charge in [-0.1, -0.05) is 81.5 Å². The van der Waals surface area contributed by atoms with Crippen molar-refractivity contribution in [1.29, 1.82) is 0 Å². The summed E-state index contributed by atoms with van der Waals surface area (Å²) in [6.07, 6.45) is 4.40. The number of hydrogen-bond acceptors (Lipinski definition) is 12. The highest BCUT2D eigenvalue weighted by atomic mass is 16.5. The van der Waals surface area contributed by atoms with E-state index in [0.29, 0.717) is 12.0 Å². The van der Waals surface area contributed by atoms with Gasteiger partial charge in [-0.05, 0) is 57.9 Å². The van der Waals surface area contributed by atoms with Crippen LogP contribution in [0.25, 0.3) is 0 Å². The van der Waals surface area contributed by atoms with E-state index in [9.17, 15) is 53.4 Å². The summed E-state index contributed by atoms with van der Waals surface area (Å²) in [5.41, 5.74) is 23.2. The lowest BCUT2D eigenvalue weighted by molar-refractivity contribution is -0.146. The number of hydrogen-bond donors (Lipinski definition) is 12. The maximum absolute atomic E-state index is 14.4. The normalized spacial score (nSPS) is 24.6. The Balaban J connectivity index is 2.74. The highest BCUT2D eigenvalue weighted by Crippen LogP contribution is 2.19. The first-order chi connectivity index (χ1) is 34.8.